The fourth-order valence-electron chi connectivity index (χ4n) is 3.42. The summed E-state index contributed by atoms with van der Waals surface area (Å²) in [6.07, 6.45) is 3.44. The molecule has 0 spiro atoms. The Labute approximate surface area is 174 Å². The fourth-order valence-corrected chi connectivity index (χ4v) is 3.42. The Kier molecular flexibility index (Phi) is 5.76. The van der Waals surface area contributed by atoms with E-state index < -0.39 is 0 Å². The van der Waals surface area contributed by atoms with Gasteiger partial charge in [0.1, 0.15) is 17.7 Å². The van der Waals surface area contributed by atoms with Crippen molar-refractivity contribution in [3.05, 3.63) is 66.0 Å². The van der Waals surface area contributed by atoms with E-state index in [-0.39, 0.29) is 24.4 Å². The first kappa shape index (κ1) is 20.0. The molecule has 2 aromatic heterocycles. The van der Waals surface area contributed by atoms with Crippen LogP contribution < -0.4 is 4.74 Å². The molecule has 1 aliphatic heterocycles. The topological polar surface area (TPSA) is 69.5 Å². The van der Waals surface area contributed by atoms with Crippen LogP contribution in [0.25, 0.3) is 11.1 Å². The van der Waals surface area contributed by atoms with Crippen molar-refractivity contribution in [1.82, 2.24) is 19.7 Å². The second-order valence-corrected chi connectivity index (χ2v) is 7.27. The quantitative estimate of drug-likeness (QED) is 0.647. The highest BCUT2D eigenvalue weighted by Gasteiger charge is 2.27. The normalized spacial score (nSPS) is 16.5. The number of halogens is 1. The van der Waals surface area contributed by atoms with E-state index in [0.29, 0.717) is 25.4 Å². The number of rotatable bonds is 5. The summed E-state index contributed by atoms with van der Waals surface area (Å²) in [7, 11) is 1.88. The number of aryl methyl sites for hydroxylation is 2. The molecular formula is C22H23FN4O3. The first-order chi connectivity index (χ1) is 14.5. The lowest BCUT2D eigenvalue weighted by molar-refractivity contribution is -0.141. The number of hydrogen-bond acceptors (Lipinski definition) is 5. The Morgan fingerprint density at radius 3 is 2.80 bits per heavy atom. The molecule has 3 aromatic rings. The third kappa shape index (κ3) is 4.65. The number of pyridine rings is 1. The number of morpholine rings is 1. The summed E-state index contributed by atoms with van der Waals surface area (Å²) >= 11 is 0. The molecule has 3 heterocycles. The molecular weight excluding hydrogens is 387 g/mol. The first-order valence-electron chi connectivity index (χ1n) is 9.73. The molecule has 1 saturated heterocycles. The molecule has 0 saturated carbocycles. The van der Waals surface area contributed by atoms with Crippen molar-refractivity contribution in [2.24, 2.45) is 7.05 Å². The predicted molar refractivity (Wildman–Crippen MR) is 108 cm³/mol. The predicted octanol–water partition coefficient (Wildman–Crippen LogP) is 2.91. The molecule has 0 aliphatic carbocycles. The maximum Gasteiger partial charge on any atom is 0.260 e. The Bertz CT molecular complexity index is 1040. The lowest BCUT2D eigenvalue weighted by Gasteiger charge is -2.33. The van der Waals surface area contributed by atoms with Crippen molar-refractivity contribution in [2.45, 2.75) is 13.0 Å². The first-order valence-corrected chi connectivity index (χ1v) is 9.73. The van der Waals surface area contributed by atoms with E-state index in [1.807, 2.05) is 38.5 Å². The van der Waals surface area contributed by atoms with Gasteiger partial charge in [0.15, 0.2) is 6.61 Å². The molecule has 0 bridgehead atoms. The third-order valence-electron chi connectivity index (χ3n) is 4.94. The summed E-state index contributed by atoms with van der Waals surface area (Å²) in [5.74, 6) is -0.0372. The van der Waals surface area contributed by atoms with Gasteiger partial charge in [0.2, 0.25) is 0 Å². The largest absolute Gasteiger partial charge is 0.484 e. The van der Waals surface area contributed by atoms with Crippen molar-refractivity contribution in [2.75, 3.05) is 26.3 Å². The van der Waals surface area contributed by atoms with Crippen LogP contribution in [0.1, 0.15) is 17.5 Å². The van der Waals surface area contributed by atoms with E-state index in [2.05, 4.69) is 10.1 Å². The van der Waals surface area contributed by atoms with Gasteiger partial charge in [-0.2, -0.15) is 5.10 Å². The van der Waals surface area contributed by atoms with E-state index >= 15 is 0 Å². The minimum atomic E-state index is -0.346. The summed E-state index contributed by atoms with van der Waals surface area (Å²) in [6.45, 7) is 3.13. The van der Waals surface area contributed by atoms with Crippen molar-refractivity contribution >= 4 is 5.91 Å². The second kappa shape index (κ2) is 8.62. The van der Waals surface area contributed by atoms with Crippen LogP contribution in [0.5, 0.6) is 5.75 Å². The lowest BCUT2D eigenvalue weighted by Crippen LogP contribution is -2.44. The molecule has 156 valence electrons. The zero-order valence-electron chi connectivity index (χ0n) is 16.9. The smallest absolute Gasteiger partial charge is 0.260 e. The third-order valence-corrected chi connectivity index (χ3v) is 4.94. The fraction of sp³-hybridized carbons (Fsp3) is 0.318. The summed E-state index contributed by atoms with van der Waals surface area (Å²) in [6, 6.07) is 9.59. The summed E-state index contributed by atoms with van der Waals surface area (Å²) in [5, 5.41) is 4.23. The zero-order chi connectivity index (χ0) is 21.1. The molecule has 30 heavy (non-hydrogen) atoms. The molecule has 1 aromatic carbocycles. The zero-order valence-corrected chi connectivity index (χ0v) is 16.9. The summed E-state index contributed by atoms with van der Waals surface area (Å²) in [4.78, 5) is 19.0. The van der Waals surface area contributed by atoms with Crippen LogP contribution in [0.2, 0.25) is 0 Å². The van der Waals surface area contributed by atoms with Crippen LogP contribution in [0.3, 0.4) is 0 Å². The number of nitrogens with zero attached hydrogens (tertiary/aromatic N) is 4. The number of hydrogen-bond donors (Lipinski definition) is 0. The average molecular weight is 410 g/mol. The molecule has 4 rings (SSSR count). The van der Waals surface area contributed by atoms with Gasteiger partial charge in [0.05, 0.1) is 25.0 Å². The molecule has 1 aliphatic rings. The minimum Gasteiger partial charge on any atom is -0.484 e. The highest BCUT2D eigenvalue weighted by molar-refractivity contribution is 5.78. The summed E-state index contributed by atoms with van der Waals surface area (Å²) < 4.78 is 26.1. The molecule has 8 heteroatoms. The number of benzene rings is 1. The van der Waals surface area contributed by atoms with Crippen molar-refractivity contribution in [1.29, 1.82) is 0 Å². The van der Waals surface area contributed by atoms with Gasteiger partial charge in [0.25, 0.3) is 5.91 Å². The van der Waals surface area contributed by atoms with E-state index in [9.17, 15) is 9.18 Å². The molecule has 0 N–H and O–H groups in total. The lowest BCUT2D eigenvalue weighted by atomic mass is 10.1. The number of carbonyl (C=O) groups is 1. The molecule has 1 fully saturated rings. The minimum absolute atomic E-state index is 0.111. The van der Waals surface area contributed by atoms with E-state index in [0.717, 1.165) is 22.5 Å². The van der Waals surface area contributed by atoms with Gasteiger partial charge in [-0.25, -0.2) is 4.39 Å². The van der Waals surface area contributed by atoms with Crippen molar-refractivity contribution in [3.8, 4) is 16.9 Å². The van der Waals surface area contributed by atoms with Crippen molar-refractivity contribution in [3.63, 3.8) is 0 Å². The van der Waals surface area contributed by atoms with E-state index in [1.165, 1.54) is 24.3 Å². The Morgan fingerprint density at radius 2 is 2.07 bits per heavy atom. The van der Waals surface area contributed by atoms with Crippen LogP contribution in [-0.2, 0) is 16.6 Å². The molecule has 1 amide bonds. The average Bonchev–Trinajstić information content (AvgIpc) is 3.19. The molecule has 0 unspecified atom stereocenters. The van der Waals surface area contributed by atoms with Gasteiger partial charge in [-0.1, -0.05) is 0 Å². The number of ether oxygens (including phenoxy) is 2. The highest BCUT2D eigenvalue weighted by Crippen LogP contribution is 2.27. The summed E-state index contributed by atoms with van der Waals surface area (Å²) in [5.41, 5.74) is 3.67. The monoisotopic (exact) mass is 410 g/mol. The second-order valence-electron chi connectivity index (χ2n) is 7.27. The van der Waals surface area contributed by atoms with Crippen LogP contribution >= 0.6 is 0 Å². The highest BCUT2D eigenvalue weighted by atomic mass is 19.1. The Morgan fingerprint density at radius 1 is 1.27 bits per heavy atom. The van der Waals surface area contributed by atoms with Gasteiger partial charge in [-0.05, 0) is 48.9 Å². The van der Waals surface area contributed by atoms with Crippen LogP contribution in [0, 0.1) is 12.7 Å². The van der Waals surface area contributed by atoms with E-state index in [1.54, 1.807) is 9.58 Å². The molecule has 0 radical (unpaired) electrons. The van der Waals surface area contributed by atoms with Crippen LogP contribution in [0.4, 0.5) is 4.39 Å². The number of carbonyl (C=O) groups excluding carboxylic acids is 1. The maximum atomic E-state index is 13.0. The Hall–Kier alpha value is -3.26. The molecule has 7 nitrogen and oxygen atoms in total. The van der Waals surface area contributed by atoms with Crippen molar-refractivity contribution < 1.29 is 18.7 Å². The Balaban J connectivity index is 1.44. The number of amides is 1. The van der Waals surface area contributed by atoms with Crippen LogP contribution in [-0.4, -0.2) is 51.9 Å². The van der Waals surface area contributed by atoms with Gasteiger partial charge in [-0.15, -0.1) is 0 Å². The number of aromatic nitrogens is 3. The van der Waals surface area contributed by atoms with Gasteiger partial charge in [-0.3, -0.25) is 14.5 Å². The SMILES string of the molecule is Cc1cc(-c2cnn(C)c2)cc([C@H]2CN(C(=O)COc3ccc(F)cc3)CCO2)n1. The molecule has 1 atom stereocenters. The standard InChI is InChI=1S/C22H23FN4O3/c1-15-9-16(17-11-24-26(2)12-17)10-20(25-15)21-13-27(7-8-29-21)22(28)14-30-19-5-3-18(23)4-6-19/h3-6,9-12,21H,7-8,13-14H2,1-2H3/t21-/m1/s1. The maximum absolute atomic E-state index is 13.0. The van der Waals surface area contributed by atoms with E-state index in [4.69, 9.17) is 9.47 Å². The van der Waals surface area contributed by atoms with Crippen LogP contribution in [0.15, 0.2) is 48.8 Å². The van der Waals surface area contributed by atoms with Gasteiger partial charge in [0, 0.05) is 31.0 Å². The van der Waals surface area contributed by atoms with Gasteiger partial charge >= 0.3 is 0 Å². The van der Waals surface area contributed by atoms with Gasteiger partial charge < -0.3 is 14.4 Å².